The van der Waals surface area contributed by atoms with E-state index in [9.17, 15) is 0 Å². The summed E-state index contributed by atoms with van der Waals surface area (Å²) in [5.74, 6) is 2.50. The average Bonchev–Trinajstić information content (AvgIpc) is 2.72. The van der Waals surface area contributed by atoms with Crippen LogP contribution in [-0.4, -0.2) is 9.97 Å². The molecule has 2 aromatic heterocycles. The smallest absolute Gasteiger partial charge is 0.248 e. The second-order valence-corrected chi connectivity index (χ2v) is 3.54. The molecule has 2 N–H and O–H groups in total. The average molecular weight is 192 g/mol. The van der Waals surface area contributed by atoms with E-state index in [4.69, 9.17) is 0 Å². The van der Waals surface area contributed by atoms with Gasteiger partial charge in [0.1, 0.15) is 24.8 Å². The predicted molar refractivity (Wildman–Crippen MR) is 51.3 cm³/mol. The highest BCUT2D eigenvalue weighted by atomic mass is 15.0. The van der Waals surface area contributed by atoms with Gasteiger partial charge in [0.05, 0.1) is 26.9 Å². The van der Waals surface area contributed by atoms with Gasteiger partial charge in [-0.2, -0.15) is 0 Å². The van der Waals surface area contributed by atoms with Crippen molar-refractivity contribution in [2.45, 2.75) is 12.8 Å². The Kier molecular flexibility index (Phi) is 2.35. The van der Waals surface area contributed by atoms with Crippen LogP contribution >= 0.6 is 0 Å². The molecule has 14 heavy (non-hydrogen) atoms. The van der Waals surface area contributed by atoms with Crippen LogP contribution in [0.3, 0.4) is 0 Å². The van der Waals surface area contributed by atoms with Crippen molar-refractivity contribution in [3.05, 3.63) is 36.4 Å². The number of nitrogens with one attached hydrogen (secondary N) is 2. The van der Waals surface area contributed by atoms with Gasteiger partial charge in [-0.3, -0.25) is 0 Å². The predicted octanol–water partition coefficient (Wildman–Crippen LogP) is -0.223. The maximum Gasteiger partial charge on any atom is 0.254 e. The van der Waals surface area contributed by atoms with Crippen LogP contribution in [0.15, 0.2) is 24.8 Å². The van der Waals surface area contributed by atoms with E-state index < -0.39 is 0 Å². The number of rotatable bonds is 3. The molecule has 0 bridgehead atoms. The largest absolute Gasteiger partial charge is 0.254 e. The fraction of sp³-hybridized carbons (Fsp3) is 0.400. The molecule has 2 aromatic rings. The Balaban J connectivity index is 2.02. The van der Waals surface area contributed by atoms with Gasteiger partial charge in [-0.15, -0.1) is 0 Å². The van der Waals surface area contributed by atoms with Gasteiger partial charge in [0.25, 0.3) is 11.6 Å². The number of H-pyrrole nitrogens is 2. The molecule has 0 aromatic carbocycles. The van der Waals surface area contributed by atoms with Crippen LogP contribution in [0.4, 0.5) is 0 Å². The Hall–Kier alpha value is -1.58. The number of aryl methyl sites for hydroxylation is 4. The van der Waals surface area contributed by atoms with Crippen molar-refractivity contribution in [3.63, 3.8) is 0 Å². The zero-order valence-corrected chi connectivity index (χ0v) is 8.62. The summed E-state index contributed by atoms with van der Waals surface area (Å²) in [4.78, 5) is 6.45. The molecule has 4 nitrogen and oxygen atoms in total. The van der Waals surface area contributed by atoms with Gasteiger partial charge in [-0.25, -0.2) is 19.1 Å². The van der Waals surface area contributed by atoms with Crippen LogP contribution in [0, 0.1) is 0 Å². The molecule has 0 saturated heterocycles. The van der Waals surface area contributed by atoms with E-state index in [-0.39, 0.29) is 0 Å². The van der Waals surface area contributed by atoms with Crippen molar-refractivity contribution < 1.29 is 9.13 Å². The van der Waals surface area contributed by atoms with Gasteiger partial charge in [-0.05, 0) is 0 Å². The molecule has 0 aliphatic rings. The Bertz CT molecular complexity index is 373. The molecule has 0 amide bonds. The summed E-state index contributed by atoms with van der Waals surface area (Å²) in [7, 11) is 4.11. The number of hydrogen-bond donors (Lipinski definition) is 2. The topological polar surface area (TPSA) is 39.3 Å². The highest BCUT2D eigenvalue weighted by Crippen LogP contribution is 1.94. The number of aromatic nitrogens is 4. The van der Waals surface area contributed by atoms with Gasteiger partial charge in [0.15, 0.2) is 0 Å². The standard InChI is InChI=1S/C10H14N4/c1-13-7-5-11-9(13)3-4-10-12-6-8-14(10)2/h5-8H,3-4H2,1-2H3/p+2. The van der Waals surface area contributed by atoms with Gasteiger partial charge in [0.2, 0.25) is 0 Å². The molecule has 2 rings (SSSR count). The molecule has 0 spiro atoms. The fourth-order valence-corrected chi connectivity index (χ4v) is 1.61. The van der Waals surface area contributed by atoms with Crippen molar-refractivity contribution in [3.8, 4) is 0 Å². The van der Waals surface area contributed by atoms with E-state index in [0.717, 1.165) is 12.8 Å². The minimum Gasteiger partial charge on any atom is -0.248 e. The highest BCUT2D eigenvalue weighted by molar-refractivity contribution is 4.84. The monoisotopic (exact) mass is 192 g/mol. The van der Waals surface area contributed by atoms with E-state index in [2.05, 4.69) is 33.2 Å². The molecule has 0 saturated carbocycles. The van der Waals surface area contributed by atoms with Crippen LogP contribution in [0.2, 0.25) is 0 Å². The number of hydrogen-bond acceptors (Lipinski definition) is 0. The van der Waals surface area contributed by atoms with Gasteiger partial charge < -0.3 is 0 Å². The first-order valence-corrected chi connectivity index (χ1v) is 4.81. The lowest BCUT2D eigenvalue weighted by Crippen LogP contribution is -2.33. The number of aromatic amines is 2. The summed E-state index contributed by atoms with van der Waals surface area (Å²) in [6.07, 6.45) is 10.0. The van der Waals surface area contributed by atoms with Crippen molar-refractivity contribution >= 4 is 0 Å². The normalized spacial score (nSPS) is 10.7. The molecule has 0 fully saturated rings. The van der Waals surface area contributed by atoms with Crippen molar-refractivity contribution in [1.29, 1.82) is 0 Å². The third kappa shape index (κ3) is 1.69. The second-order valence-electron chi connectivity index (χ2n) is 3.54. The Morgan fingerprint density at radius 2 is 1.36 bits per heavy atom. The molecule has 0 aliphatic heterocycles. The molecule has 0 aliphatic carbocycles. The van der Waals surface area contributed by atoms with Crippen LogP contribution in [-0.2, 0) is 26.9 Å². The minimum atomic E-state index is 1.03. The number of nitrogens with zero attached hydrogens (tertiary/aromatic N) is 2. The second kappa shape index (κ2) is 3.65. The van der Waals surface area contributed by atoms with Gasteiger partial charge >= 0.3 is 0 Å². The highest BCUT2D eigenvalue weighted by Gasteiger charge is 2.11. The van der Waals surface area contributed by atoms with E-state index >= 15 is 0 Å². The SMILES string of the molecule is C[n+]1cc[nH]c1CCc1[nH]cc[n+]1C. The van der Waals surface area contributed by atoms with Crippen molar-refractivity contribution in [2.75, 3.05) is 0 Å². The first kappa shape index (κ1) is 8.99. The zero-order valence-electron chi connectivity index (χ0n) is 8.62. The van der Waals surface area contributed by atoms with E-state index in [1.807, 2.05) is 24.8 Å². The summed E-state index contributed by atoms with van der Waals surface area (Å²) in [5.41, 5.74) is 0. The van der Waals surface area contributed by atoms with Crippen LogP contribution in [0.25, 0.3) is 0 Å². The maximum atomic E-state index is 3.23. The van der Waals surface area contributed by atoms with Crippen LogP contribution in [0.1, 0.15) is 11.6 Å². The van der Waals surface area contributed by atoms with Gasteiger partial charge in [0, 0.05) is 0 Å². The van der Waals surface area contributed by atoms with Gasteiger partial charge in [-0.1, -0.05) is 0 Å². The lowest BCUT2D eigenvalue weighted by molar-refractivity contribution is -0.682. The molecule has 74 valence electrons. The summed E-state index contributed by atoms with van der Waals surface area (Å²) in [6.45, 7) is 0. The molecule has 0 unspecified atom stereocenters. The van der Waals surface area contributed by atoms with Crippen LogP contribution in [0.5, 0.6) is 0 Å². The zero-order chi connectivity index (χ0) is 9.97. The molecule has 0 radical (unpaired) electrons. The van der Waals surface area contributed by atoms with Crippen molar-refractivity contribution in [2.24, 2.45) is 14.1 Å². The summed E-state index contributed by atoms with van der Waals surface area (Å²) in [6, 6.07) is 0. The first-order valence-electron chi connectivity index (χ1n) is 4.81. The molecule has 4 heteroatoms. The fourth-order valence-electron chi connectivity index (χ4n) is 1.61. The summed E-state index contributed by atoms with van der Waals surface area (Å²) >= 11 is 0. The summed E-state index contributed by atoms with van der Waals surface area (Å²) < 4.78 is 4.23. The third-order valence-electron chi connectivity index (χ3n) is 2.55. The summed E-state index contributed by atoms with van der Waals surface area (Å²) in [5, 5.41) is 0. The van der Waals surface area contributed by atoms with E-state index in [0.29, 0.717) is 0 Å². The minimum absolute atomic E-state index is 1.03. The van der Waals surface area contributed by atoms with E-state index in [1.54, 1.807) is 0 Å². The molecular formula is C10H16N4+2. The Labute approximate surface area is 83.2 Å². The molecule has 0 atom stereocenters. The van der Waals surface area contributed by atoms with Crippen molar-refractivity contribution in [1.82, 2.24) is 9.97 Å². The molecule has 2 heterocycles. The Morgan fingerprint density at radius 1 is 0.929 bits per heavy atom. The lowest BCUT2D eigenvalue weighted by atomic mass is 10.3. The van der Waals surface area contributed by atoms with Crippen LogP contribution < -0.4 is 9.13 Å². The third-order valence-corrected chi connectivity index (χ3v) is 2.55. The molecular weight excluding hydrogens is 176 g/mol. The maximum absolute atomic E-state index is 3.23. The number of imidazole rings is 2. The lowest BCUT2D eigenvalue weighted by Gasteiger charge is -1.93. The first-order chi connectivity index (χ1) is 6.77. The Morgan fingerprint density at radius 3 is 1.64 bits per heavy atom. The quantitative estimate of drug-likeness (QED) is 0.631. The van der Waals surface area contributed by atoms with E-state index in [1.165, 1.54) is 11.6 Å².